The maximum atomic E-state index is 12.2. The molecular formula is C19H23N5O4. The first-order chi connectivity index (χ1) is 13.3. The number of rotatable bonds is 4. The number of carbonyl (C=O) groups excluding carboxylic acids is 3. The van der Waals surface area contributed by atoms with E-state index in [-0.39, 0.29) is 19.1 Å². The summed E-state index contributed by atoms with van der Waals surface area (Å²) in [6.07, 6.45) is 0. The third-order valence-electron chi connectivity index (χ3n) is 4.77. The predicted octanol–water partition coefficient (Wildman–Crippen LogP) is 1.13. The Hall–Kier alpha value is -3.36. The summed E-state index contributed by atoms with van der Waals surface area (Å²) in [4.78, 5) is 37.6. The van der Waals surface area contributed by atoms with Crippen LogP contribution in [0.1, 0.15) is 23.9 Å². The monoisotopic (exact) mass is 385 g/mol. The van der Waals surface area contributed by atoms with Crippen molar-refractivity contribution in [3.63, 3.8) is 0 Å². The van der Waals surface area contributed by atoms with Gasteiger partial charge in [0.15, 0.2) is 6.61 Å². The van der Waals surface area contributed by atoms with Gasteiger partial charge in [-0.3, -0.25) is 19.1 Å². The molecule has 2 aromatic rings. The van der Waals surface area contributed by atoms with E-state index in [4.69, 9.17) is 4.74 Å². The van der Waals surface area contributed by atoms with Crippen molar-refractivity contribution in [2.24, 2.45) is 0 Å². The van der Waals surface area contributed by atoms with Gasteiger partial charge in [-0.05, 0) is 39.0 Å². The molecule has 1 aromatic heterocycles. The summed E-state index contributed by atoms with van der Waals surface area (Å²) < 4.78 is 7.19. The number of nitrogens with zero attached hydrogens (tertiary/aromatic N) is 3. The molecule has 1 aromatic carbocycles. The number of aryl methyl sites for hydroxylation is 2. The minimum atomic E-state index is -0.788. The third-order valence-corrected chi connectivity index (χ3v) is 4.77. The van der Waals surface area contributed by atoms with Gasteiger partial charge < -0.3 is 20.3 Å². The molecule has 9 heteroatoms. The van der Waals surface area contributed by atoms with E-state index >= 15 is 0 Å². The van der Waals surface area contributed by atoms with E-state index in [1.165, 1.54) is 4.90 Å². The number of fused-ring (bicyclic) bond motifs is 1. The second kappa shape index (κ2) is 7.71. The van der Waals surface area contributed by atoms with Gasteiger partial charge in [-0.15, -0.1) is 0 Å². The minimum Gasteiger partial charge on any atom is -0.482 e. The second-order valence-corrected chi connectivity index (χ2v) is 6.53. The number of anilines is 2. The number of hydrogen-bond acceptors (Lipinski definition) is 5. The average molecular weight is 385 g/mol. The van der Waals surface area contributed by atoms with Crippen LogP contribution in [-0.4, -0.2) is 41.2 Å². The molecule has 2 N–H and O–H groups in total. The Bertz CT molecular complexity index is 950. The maximum absolute atomic E-state index is 12.2. The number of carbonyl (C=O) groups is 3. The van der Waals surface area contributed by atoms with Crippen molar-refractivity contribution in [1.29, 1.82) is 0 Å². The Balaban J connectivity index is 1.64. The molecule has 3 amide bonds. The number of likely N-dealkylation sites (N-methyl/N-ethyl adjacent to an activating group) is 1. The van der Waals surface area contributed by atoms with Gasteiger partial charge in [0.2, 0.25) is 0 Å². The Kier molecular flexibility index (Phi) is 5.34. The minimum absolute atomic E-state index is 0.0228. The van der Waals surface area contributed by atoms with Crippen molar-refractivity contribution in [2.75, 3.05) is 23.9 Å². The maximum Gasteiger partial charge on any atom is 0.313 e. The summed E-state index contributed by atoms with van der Waals surface area (Å²) in [6.45, 7) is 6.72. The lowest BCUT2D eigenvalue weighted by Crippen LogP contribution is -2.36. The number of aromatic nitrogens is 2. The molecule has 9 nitrogen and oxygen atoms in total. The summed E-state index contributed by atoms with van der Waals surface area (Å²) in [5.41, 5.74) is 3.61. The van der Waals surface area contributed by atoms with Crippen LogP contribution in [0.4, 0.5) is 11.4 Å². The van der Waals surface area contributed by atoms with Crippen LogP contribution in [0.2, 0.25) is 0 Å². The molecule has 0 fully saturated rings. The Morgan fingerprint density at radius 3 is 2.68 bits per heavy atom. The number of amides is 3. The molecule has 2 heterocycles. The van der Waals surface area contributed by atoms with Gasteiger partial charge in [0, 0.05) is 37.1 Å². The number of ether oxygens (including phenoxy) is 1. The van der Waals surface area contributed by atoms with Crippen molar-refractivity contribution < 1.29 is 19.1 Å². The van der Waals surface area contributed by atoms with Gasteiger partial charge in [0.05, 0.1) is 11.4 Å². The van der Waals surface area contributed by atoms with Gasteiger partial charge in [0.1, 0.15) is 5.75 Å². The molecule has 0 atom stereocenters. The van der Waals surface area contributed by atoms with E-state index in [0.29, 0.717) is 17.1 Å². The summed E-state index contributed by atoms with van der Waals surface area (Å²) in [5, 5.41) is 9.56. The summed E-state index contributed by atoms with van der Waals surface area (Å²) in [6, 6.07) is 4.86. The molecule has 1 aliphatic rings. The third kappa shape index (κ3) is 3.68. The van der Waals surface area contributed by atoms with Crippen LogP contribution in [0.5, 0.6) is 5.75 Å². The molecule has 0 saturated carbocycles. The molecule has 0 bridgehead atoms. The van der Waals surface area contributed by atoms with E-state index < -0.39 is 11.8 Å². The zero-order valence-corrected chi connectivity index (χ0v) is 16.3. The first kappa shape index (κ1) is 19.4. The van der Waals surface area contributed by atoms with E-state index in [1.807, 2.05) is 25.5 Å². The fourth-order valence-electron chi connectivity index (χ4n) is 3.08. The molecule has 1 aliphatic heterocycles. The largest absolute Gasteiger partial charge is 0.482 e. The molecule has 0 saturated heterocycles. The molecule has 3 rings (SSSR count). The van der Waals surface area contributed by atoms with Crippen LogP contribution in [0.3, 0.4) is 0 Å². The zero-order chi connectivity index (χ0) is 20.4. The van der Waals surface area contributed by atoms with Crippen molar-refractivity contribution in [1.82, 2.24) is 15.1 Å². The fourth-order valence-corrected chi connectivity index (χ4v) is 3.08. The predicted molar refractivity (Wildman–Crippen MR) is 103 cm³/mol. The fraction of sp³-hybridized carbons (Fsp3) is 0.368. The molecular weight excluding hydrogens is 362 g/mol. The van der Waals surface area contributed by atoms with E-state index in [0.717, 1.165) is 23.5 Å². The molecule has 28 heavy (non-hydrogen) atoms. The summed E-state index contributed by atoms with van der Waals surface area (Å²) in [7, 11) is 1.63. The summed E-state index contributed by atoms with van der Waals surface area (Å²) >= 11 is 0. The number of benzene rings is 1. The SMILES string of the molecule is CCn1nc(C)c(CNC(=O)C(=O)Nc2ccc3c(c2)N(C)C(=O)CO3)c1C. The van der Waals surface area contributed by atoms with E-state index in [2.05, 4.69) is 15.7 Å². The number of hydrogen-bond donors (Lipinski definition) is 2. The Labute approximate surface area is 162 Å². The van der Waals surface area contributed by atoms with Gasteiger partial charge >= 0.3 is 11.8 Å². The second-order valence-electron chi connectivity index (χ2n) is 6.53. The van der Waals surface area contributed by atoms with Crippen LogP contribution < -0.4 is 20.3 Å². The molecule has 0 unspecified atom stereocenters. The van der Waals surface area contributed by atoms with Crippen LogP contribution in [0.15, 0.2) is 18.2 Å². The van der Waals surface area contributed by atoms with Crippen molar-refractivity contribution in [3.05, 3.63) is 35.2 Å². The van der Waals surface area contributed by atoms with Crippen LogP contribution in [-0.2, 0) is 27.5 Å². The topological polar surface area (TPSA) is 106 Å². The van der Waals surface area contributed by atoms with Crippen LogP contribution in [0, 0.1) is 13.8 Å². The van der Waals surface area contributed by atoms with E-state index in [1.54, 1.807) is 25.2 Å². The van der Waals surface area contributed by atoms with Crippen molar-refractivity contribution >= 4 is 29.1 Å². The lowest BCUT2D eigenvalue weighted by molar-refractivity contribution is -0.136. The summed E-state index contributed by atoms with van der Waals surface area (Å²) in [5.74, 6) is -1.18. The van der Waals surface area contributed by atoms with Gasteiger partial charge in [-0.1, -0.05) is 0 Å². The van der Waals surface area contributed by atoms with Crippen LogP contribution in [0.25, 0.3) is 0 Å². The smallest absolute Gasteiger partial charge is 0.313 e. The lowest BCUT2D eigenvalue weighted by atomic mass is 10.2. The zero-order valence-electron chi connectivity index (χ0n) is 16.3. The highest BCUT2D eigenvalue weighted by atomic mass is 16.5. The normalized spacial score (nSPS) is 13.0. The van der Waals surface area contributed by atoms with Gasteiger partial charge in [0.25, 0.3) is 5.91 Å². The van der Waals surface area contributed by atoms with Crippen molar-refractivity contribution in [2.45, 2.75) is 33.9 Å². The first-order valence-electron chi connectivity index (χ1n) is 8.97. The van der Waals surface area contributed by atoms with Gasteiger partial charge in [-0.25, -0.2) is 0 Å². The van der Waals surface area contributed by atoms with E-state index in [9.17, 15) is 14.4 Å². The highest BCUT2D eigenvalue weighted by Gasteiger charge is 2.23. The highest BCUT2D eigenvalue weighted by molar-refractivity contribution is 6.39. The lowest BCUT2D eigenvalue weighted by Gasteiger charge is -2.26. The average Bonchev–Trinajstić information content (AvgIpc) is 2.96. The molecule has 148 valence electrons. The van der Waals surface area contributed by atoms with Gasteiger partial charge in [-0.2, -0.15) is 5.10 Å². The Morgan fingerprint density at radius 2 is 2.00 bits per heavy atom. The number of nitrogens with one attached hydrogen (secondary N) is 2. The van der Waals surface area contributed by atoms with Crippen molar-refractivity contribution in [3.8, 4) is 5.75 Å². The molecule has 0 aliphatic carbocycles. The first-order valence-corrected chi connectivity index (χ1v) is 8.97. The highest BCUT2D eigenvalue weighted by Crippen LogP contribution is 2.33. The van der Waals surface area contributed by atoms with Crippen LogP contribution >= 0.6 is 0 Å². The standard InChI is InChI=1S/C19H23N5O4/c1-5-24-12(3)14(11(2)22-24)9-20-18(26)19(27)21-13-6-7-16-15(8-13)23(4)17(25)10-28-16/h6-8H,5,9-10H2,1-4H3,(H,20,26)(H,21,27). The Morgan fingerprint density at radius 1 is 1.25 bits per heavy atom. The quantitative estimate of drug-likeness (QED) is 0.768. The molecule has 0 spiro atoms. The molecule has 0 radical (unpaired) electrons.